The summed E-state index contributed by atoms with van der Waals surface area (Å²) in [5, 5.41) is 14.4. The molecule has 1 amide bonds. The second kappa shape index (κ2) is 7.04. The number of carbonyl (C=O) groups is 1. The van der Waals surface area contributed by atoms with E-state index < -0.39 is 0 Å². The zero-order chi connectivity index (χ0) is 15.2. The molecule has 0 spiro atoms. The van der Waals surface area contributed by atoms with E-state index >= 15 is 0 Å². The minimum absolute atomic E-state index is 0.269. The Kier molecular flexibility index (Phi) is 5.11. The van der Waals surface area contributed by atoms with Gasteiger partial charge in [0.25, 0.3) is 5.91 Å². The molecule has 0 aliphatic carbocycles. The van der Waals surface area contributed by atoms with Crippen LogP contribution in [0.15, 0.2) is 36.4 Å². The number of aromatic nitrogens is 2. The monoisotopic (exact) mass is 304 g/mol. The van der Waals surface area contributed by atoms with Gasteiger partial charge in [-0.15, -0.1) is 10.2 Å². The number of amides is 1. The lowest BCUT2D eigenvalue weighted by molar-refractivity contribution is 0.102. The van der Waals surface area contributed by atoms with Gasteiger partial charge in [-0.3, -0.25) is 4.79 Å². The van der Waals surface area contributed by atoms with Gasteiger partial charge in [-0.1, -0.05) is 24.6 Å². The van der Waals surface area contributed by atoms with Gasteiger partial charge in [0, 0.05) is 16.6 Å². The topological polar surface area (TPSA) is 66.9 Å². The van der Waals surface area contributed by atoms with Crippen LogP contribution in [0.2, 0.25) is 5.02 Å². The molecule has 0 saturated carbocycles. The molecular weight excluding hydrogens is 288 g/mol. The summed E-state index contributed by atoms with van der Waals surface area (Å²) in [6.45, 7) is 4.15. The third kappa shape index (κ3) is 4.43. The number of halogens is 1. The van der Waals surface area contributed by atoms with Crippen LogP contribution < -0.4 is 10.6 Å². The Morgan fingerprint density at radius 2 is 1.95 bits per heavy atom. The maximum Gasteiger partial charge on any atom is 0.256 e. The van der Waals surface area contributed by atoms with Gasteiger partial charge in [0.2, 0.25) is 0 Å². The van der Waals surface area contributed by atoms with Crippen molar-refractivity contribution < 1.29 is 4.79 Å². The Balaban J connectivity index is 2.01. The van der Waals surface area contributed by atoms with Crippen LogP contribution in [-0.4, -0.2) is 22.1 Å². The Hall–Kier alpha value is -2.14. The Morgan fingerprint density at radius 1 is 1.24 bits per heavy atom. The molecule has 1 atom stereocenters. The highest BCUT2D eigenvalue weighted by atomic mass is 35.5. The van der Waals surface area contributed by atoms with E-state index in [1.807, 2.05) is 0 Å². The first-order valence-electron chi connectivity index (χ1n) is 6.75. The average Bonchev–Trinajstić information content (AvgIpc) is 2.49. The number of benzene rings is 1. The first-order valence-corrected chi connectivity index (χ1v) is 7.13. The molecule has 0 fully saturated rings. The van der Waals surface area contributed by atoms with Crippen molar-refractivity contribution >= 4 is 29.1 Å². The molecule has 0 bridgehead atoms. The standard InChI is InChI=1S/C15H17ClN4O/c1-3-10(2)17-13-7-8-14(20-19-13)18-15(21)11-5-4-6-12(16)9-11/h4-10H,3H2,1-2H3,(H,17,19)(H,18,20,21). The molecule has 0 saturated heterocycles. The maximum atomic E-state index is 12.0. The highest BCUT2D eigenvalue weighted by Gasteiger charge is 2.08. The smallest absolute Gasteiger partial charge is 0.256 e. The largest absolute Gasteiger partial charge is 0.366 e. The Bertz CT molecular complexity index is 615. The lowest BCUT2D eigenvalue weighted by Crippen LogP contribution is -2.16. The van der Waals surface area contributed by atoms with E-state index in [1.165, 1.54) is 0 Å². The molecule has 1 heterocycles. The lowest BCUT2D eigenvalue weighted by atomic mass is 10.2. The molecule has 0 aliphatic heterocycles. The van der Waals surface area contributed by atoms with E-state index in [4.69, 9.17) is 11.6 Å². The molecule has 0 radical (unpaired) electrons. The summed E-state index contributed by atoms with van der Waals surface area (Å²) in [4.78, 5) is 12.0. The summed E-state index contributed by atoms with van der Waals surface area (Å²) in [5.74, 6) is 0.814. The molecule has 5 nitrogen and oxygen atoms in total. The van der Waals surface area contributed by atoms with E-state index in [2.05, 4.69) is 34.7 Å². The van der Waals surface area contributed by atoms with Crippen LogP contribution in [0.5, 0.6) is 0 Å². The molecule has 21 heavy (non-hydrogen) atoms. The van der Waals surface area contributed by atoms with Crippen LogP contribution in [0, 0.1) is 0 Å². The van der Waals surface area contributed by atoms with Crippen molar-refractivity contribution in [2.45, 2.75) is 26.3 Å². The lowest BCUT2D eigenvalue weighted by Gasteiger charge is -2.11. The van der Waals surface area contributed by atoms with Gasteiger partial charge in [-0.25, -0.2) is 0 Å². The van der Waals surface area contributed by atoms with Crippen LogP contribution >= 0.6 is 11.6 Å². The van der Waals surface area contributed by atoms with Crippen LogP contribution in [0.1, 0.15) is 30.6 Å². The number of hydrogen-bond acceptors (Lipinski definition) is 4. The molecule has 0 aliphatic rings. The summed E-state index contributed by atoms with van der Waals surface area (Å²) >= 11 is 5.86. The molecule has 2 N–H and O–H groups in total. The van der Waals surface area contributed by atoms with Crippen LogP contribution in [-0.2, 0) is 0 Å². The summed E-state index contributed by atoms with van der Waals surface area (Å²) < 4.78 is 0. The predicted molar refractivity (Wildman–Crippen MR) is 84.8 cm³/mol. The molecule has 1 aromatic carbocycles. The number of anilines is 2. The summed E-state index contributed by atoms with van der Waals surface area (Å²) in [5.41, 5.74) is 0.478. The number of carbonyl (C=O) groups excluding carboxylic acids is 1. The van der Waals surface area contributed by atoms with E-state index in [9.17, 15) is 4.79 Å². The number of nitrogens with zero attached hydrogens (tertiary/aromatic N) is 2. The zero-order valence-electron chi connectivity index (χ0n) is 11.9. The second-order valence-electron chi connectivity index (χ2n) is 4.72. The normalized spacial score (nSPS) is 11.8. The maximum absolute atomic E-state index is 12.0. The number of rotatable bonds is 5. The first-order chi connectivity index (χ1) is 10.1. The fourth-order valence-electron chi connectivity index (χ4n) is 1.65. The third-order valence-electron chi connectivity index (χ3n) is 3.00. The third-order valence-corrected chi connectivity index (χ3v) is 3.23. The highest BCUT2D eigenvalue weighted by molar-refractivity contribution is 6.31. The van der Waals surface area contributed by atoms with Gasteiger partial charge in [-0.05, 0) is 43.7 Å². The predicted octanol–water partition coefficient (Wildman–Crippen LogP) is 3.59. The van der Waals surface area contributed by atoms with Crippen molar-refractivity contribution in [3.8, 4) is 0 Å². The number of nitrogens with one attached hydrogen (secondary N) is 2. The van der Waals surface area contributed by atoms with E-state index in [0.29, 0.717) is 28.3 Å². The molecule has 2 rings (SSSR count). The van der Waals surface area contributed by atoms with Crippen molar-refractivity contribution in [1.29, 1.82) is 0 Å². The minimum atomic E-state index is -0.269. The highest BCUT2D eigenvalue weighted by Crippen LogP contribution is 2.13. The van der Waals surface area contributed by atoms with Gasteiger partial charge in [0.15, 0.2) is 5.82 Å². The summed E-state index contributed by atoms with van der Waals surface area (Å²) in [6, 6.07) is 10.5. The van der Waals surface area contributed by atoms with Crippen molar-refractivity contribution in [1.82, 2.24) is 10.2 Å². The quantitative estimate of drug-likeness (QED) is 0.886. The summed E-state index contributed by atoms with van der Waals surface area (Å²) in [7, 11) is 0. The van der Waals surface area contributed by atoms with Crippen LogP contribution in [0.4, 0.5) is 11.6 Å². The molecule has 6 heteroatoms. The SMILES string of the molecule is CCC(C)Nc1ccc(NC(=O)c2cccc(Cl)c2)nn1. The average molecular weight is 305 g/mol. The van der Waals surface area contributed by atoms with Crippen molar-refractivity contribution in [2.75, 3.05) is 10.6 Å². The van der Waals surface area contributed by atoms with Crippen LogP contribution in [0.25, 0.3) is 0 Å². The number of hydrogen-bond donors (Lipinski definition) is 2. The zero-order valence-corrected chi connectivity index (χ0v) is 12.7. The first kappa shape index (κ1) is 15.3. The summed E-state index contributed by atoms with van der Waals surface area (Å²) in [6.07, 6.45) is 0.995. The Morgan fingerprint density at radius 3 is 2.57 bits per heavy atom. The van der Waals surface area contributed by atoms with Crippen molar-refractivity contribution in [2.24, 2.45) is 0 Å². The second-order valence-corrected chi connectivity index (χ2v) is 5.16. The van der Waals surface area contributed by atoms with E-state index in [0.717, 1.165) is 6.42 Å². The van der Waals surface area contributed by atoms with Gasteiger partial charge >= 0.3 is 0 Å². The molecule has 110 valence electrons. The fraction of sp³-hybridized carbons (Fsp3) is 0.267. The minimum Gasteiger partial charge on any atom is -0.366 e. The fourth-order valence-corrected chi connectivity index (χ4v) is 1.84. The van der Waals surface area contributed by atoms with Gasteiger partial charge in [0.1, 0.15) is 5.82 Å². The van der Waals surface area contributed by atoms with Gasteiger partial charge < -0.3 is 10.6 Å². The van der Waals surface area contributed by atoms with Crippen molar-refractivity contribution in [3.05, 3.63) is 47.0 Å². The molecule has 2 aromatic rings. The van der Waals surface area contributed by atoms with E-state index in [1.54, 1.807) is 36.4 Å². The van der Waals surface area contributed by atoms with E-state index in [-0.39, 0.29) is 5.91 Å². The van der Waals surface area contributed by atoms with Gasteiger partial charge in [0.05, 0.1) is 0 Å². The molecular formula is C15H17ClN4O. The molecule has 1 unspecified atom stereocenters. The van der Waals surface area contributed by atoms with Gasteiger partial charge in [-0.2, -0.15) is 0 Å². The Labute approximate surface area is 128 Å². The molecule has 1 aromatic heterocycles. The van der Waals surface area contributed by atoms with Crippen LogP contribution in [0.3, 0.4) is 0 Å². The van der Waals surface area contributed by atoms with Crippen molar-refractivity contribution in [3.63, 3.8) is 0 Å².